The summed E-state index contributed by atoms with van der Waals surface area (Å²) in [4.78, 5) is 50.9. The van der Waals surface area contributed by atoms with Gasteiger partial charge in [-0.3, -0.25) is 14.9 Å². The third-order valence-corrected chi connectivity index (χ3v) is 5.64. The van der Waals surface area contributed by atoms with Crippen molar-refractivity contribution in [3.63, 3.8) is 0 Å². The number of amides is 4. The maximum Gasteiger partial charge on any atom is 0.338 e. The van der Waals surface area contributed by atoms with Crippen LogP contribution in [0.4, 0.5) is 14.9 Å². The average Bonchev–Trinajstić information content (AvgIpc) is 2.87. The minimum Gasteiger partial charge on any atom is -0.496 e. The van der Waals surface area contributed by atoms with Gasteiger partial charge in [-0.25, -0.2) is 18.9 Å². The second-order valence-corrected chi connectivity index (χ2v) is 8.10. The van der Waals surface area contributed by atoms with Crippen LogP contribution in [0, 0.1) is 5.82 Å². The molecule has 1 aliphatic rings. The van der Waals surface area contributed by atoms with Gasteiger partial charge in [-0.2, -0.15) is 0 Å². The highest BCUT2D eigenvalue weighted by Crippen LogP contribution is 2.27. The third-order valence-electron chi connectivity index (χ3n) is 5.64. The summed E-state index contributed by atoms with van der Waals surface area (Å²) >= 11 is 0. The average molecular weight is 502 g/mol. The number of anilines is 1. The molecule has 9 heteroatoms. The maximum absolute atomic E-state index is 13.6. The number of nitrogens with zero attached hydrogens (tertiary/aromatic N) is 1. The molecule has 0 aliphatic carbocycles. The van der Waals surface area contributed by atoms with Crippen molar-refractivity contribution in [3.8, 4) is 5.75 Å². The number of benzene rings is 3. The van der Waals surface area contributed by atoms with Crippen LogP contribution >= 0.6 is 0 Å². The number of barbiturate groups is 1. The van der Waals surface area contributed by atoms with Gasteiger partial charge in [0.25, 0.3) is 11.8 Å². The van der Waals surface area contributed by atoms with Crippen LogP contribution in [0.5, 0.6) is 5.75 Å². The number of halogens is 1. The number of carbonyl (C=O) groups excluding carboxylic acids is 4. The molecule has 37 heavy (non-hydrogen) atoms. The summed E-state index contributed by atoms with van der Waals surface area (Å²) in [5, 5.41) is 2.16. The van der Waals surface area contributed by atoms with E-state index in [1.165, 1.54) is 49.6 Å². The Kier molecular flexibility index (Phi) is 7.43. The molecule has 4 rings (SSSR count). The number of urea groups is 1. The number of nitrogens with one attached hydrogen (secondary N) is 1. The van der Waals surface area contributed by atoms with E-state index in [0.29, 0.717) is 17.7 Å². The quantitative estimate of drug-likeness (QED) is 0.294. The topological polar surface area (TPSA) is 102 Å². The summed E-state index contributed by atoms with van der Waals surface area (Å²) in [5.74, 6) is -2.04. The third kappa shape index (κ3) is 5.56. The molecule has 1 aliphatic heterocycles. The highest BCUT2D eigenvalue weighted by atomic mass is 19.1. The van der Waals surface area contributed by atoms with Gasteiger partial charge in [0.2, 0.25) is 0 Å². The van der Waals surface area contributed by atoms with E-state index in [1.807, 2.05) is 0 Å². The highest BCUT2D eigenvalue weighted by molar-refractivity contribution is 6.39. The second kappa shape index (κ2) is 10.9. The van der Waals surface area contributed by atoms with Crippen molar-refractivity contribution >= 4 is 35.6 Å². The van der Waals surface area contributed by atoms with Crippen LogP contribution in [0.15, 0.2) is 72.3 Å². The summed E-state index contributed by atoms with van der Waals surface area (Å²) in [6.45, 7) is 1.89. The molecule has 1 N–H and O–H groups in total. The molecule has 3 aromatic rings. The molecular weight excluding hydrogens is 479 g/mol. The summed E-state index contributed by atoms with van der Waals surface area (Å²) in [6.07, 6.45) is 1.78. The number of imide groups is 2. The Morgan fingerprint density at radius 1 is 1.03 bits per heavy atom. The molecule has 0 atom stereocenters. The predicted molar refractivity (Wildman–Crippen MR) is 134 cm³/mol. The fraction of sp³-hybridized carbons (Fsp3) is 0.143. The minimum atomic E-state index is -0.904. The lowest BCUT2D eigenvalue weighted by molar-refractivity contribution is -0.122. The Labute approximate surface area is 212 Å². The van der Waals surface area contributed by atoms with Crippen LogP contribution in [0.3, 0.4) is 0 Å². The number of ether oxygens (including phenoxy) is 2. The van der Waals surface area contributed by atoms with Gasteiger partial charge in [0.15, 0.2) is 0 Å². The van der Waals surface area contributed by atoms with Gasteiger partial charge in [-0.15, -0.1) is 0 Å². The van der Waals surface area contributed by atoms with Crippen molar-refractivity contribution in [2.24, 2.45) is 0 Å². The summed E-state index contributed by atoms with van der Waals surface area (Å²) in [6, 6.07) is 16.1. The molecule has 0 bridgehead atoms. The van der Waals surface area contributed by atoms with E-state index in [-0.39, 0.29) is 29.2 Å². The van der Waals surface area contributed by atoms with Gasteiger partial charge in [-0.1, -0.05) is 24.3 Å². The number of hydrogen-bond donors (Lipinski definition) is 1. The second-order valence-electron chi connectivity index (χ2n) is 8.10. The number of carbonyl (C=O) groups is 4. The first-order chi connectivity index (χ1) is 17.8. The first-order valence-electron chi connectivity index (χ1n) is 11.4. The monoisotopic (exact) mass is 502 g/mol. The number of methoxy groups -OCH3 is 1. The Morgan fingerprint density at radius 2 is 1.78 bits per heavy atom. The van der Waals surface area contributed by atoms with Gasteiger partial charge in [0, 0.05) is 6.42 Å². The van der Waals surface area contributed by atoms with Crippen LogP contribution in [0.2, 0.25) is 0 Å². The Balaban J connectivity index is 1.61. The number of esters is 1. The summed E-state index contributed by atoms with van der Waals surface area (Å²) in [7, 11) is 1.49. The Morgan fingerprint density at radius 3 is 2.46 bits per heavy atom. The van der Waals surface area contributed by atoms with E-state index >= 15 is 0 Å². The van der Waals surface area contributed by atoms with Gasteiger partial charge in [-0.05, 0) is 72.2 Å². The molecule has 1 heterocycles. The fourth-order valence-electron chi connectivity index (χ4n) is 3.88. The highest BCUT2D eigenvalue weighted by Gasteiger charge is 2.36. The van der Waals surface area contributed by atoms with Crippen molar-refractivity contribution < 1.29 is 33.0 Å². The molecule has 0 spiro atoms. The van der Waals surface area contributed by atoms with E-state index in [9.17, 15) is 23.6 Å². The number of hydrogen-bond acceptors (Lipinski definition) is 6. The smallest absolute Gasteiger partial charge is 0.338 e. The standard InChI is InChI=1S/C28H23FN2O6/c1-3-37-27(34)19-9-11-22(12-10-19)31-26(33)23(25(32)30-28(31)35)15-18-7-8-20(24(16-18)36-2)13-17-5-4-6-21(29)14-17/h4-12,14-16H,3,13H2,1-2H3,(H,30,32,35)/b23-15+. The van der Waals surface area contributed by atoms with Gasteiger partial charge >= 0.3 is 12.0 Å². The largest absolute Gasteiger partial charge is 0.496 e. The minimum absolute atomic E-state index is 0.178. The molecular formula is C28H23FN2O6. The number of rotatable bonds is 7. The normalized spacial score (nSPS) is 14.5. The van der Waals surface area contributed by atoms with Crippen LogP contribution < -0.4 is 15.0 Å². The predicted octanol–water partition coefficient (Wildman–Crippen LogP) is 4.27. The zero-order valence-electron chi connectivity index (χ0n) is 20.1. The van der Waals surface area contributed by atoms with E-state index in [0.717, 1.165) is 16.0 Å². The fourth-order valence-corrected chi connectivity index (χ4v) is 3.88. The molecule has 8 nitrogen and oxygen atoms in total. The lowest BCUT2D eigenvalue weighted by atomic mass is 10.0. The van der Waals surface area contributed by atoms with E-state index in [2.05, 4.69) is 5.32 Å². The van der Waals surface area contributed by atoms with Crippen LogP contribution in [0.25, 0.3) is 6.08 Å². The van der Waals surface area contributed by atoms with Gasteiger partial charge in [0.1, 0.15) is 17.1 Å². The van der Waals surface area contributed by atoms with Crippen LogP contribution in [-0.4, -0.2) is 37.5 Å². The molecule has 0 radical (unpaired) electrons. The molecule has 0 unspecified atom stereocenters. The molecule has 0 aromatic heterocycles. The van der Waals surface area contributed by atoms with Crippen molar-refractivity contribution in [2.75, 3.05) is 18.6 Å². The first kappa shape index (κ1) is 25.3. The van der Waals surface area contributed by atoms with Crippen molar-refractivity contribution in [1.82, 2.24) is 5.32 Å². The molecule has 0 saturated carbocycles. The zero-order valence-corrected chi connectivity index (χ0v) is 20.1. The van der Waals surface area contributed by atoms with E-state index < -0.39 is 23.8 Å². The lowest BCUT2D eigenvalue weighted by Gasteiger charge is -2.26. The first-order valence-corrected chi connectivity index (χ1v) is 11.4. The maximum atomic E-state index is 13.6. The SMILES string of the molecule is CCOC(=O)c1ccc(N2C(=O)NC(=O)/C(=C\c3ccc(Cc4cccc(F)c4)c(OC)c3)C2=O)cc1. The zero-order chi connectivity index (χ0) is 26.5. The van der Waals surface area contributed by atoms with Crippen LogP contribution in [0.1, 0.15) is 34.0 Å². The van der Waals surface area contributed by atoms with Crippen molar-refractivity contribution in [2.45, 2.75) is 13.3 Å². The Hall–Kier alpha value is -4.79. The van der Waals surface area contributed by atoms with Gasteiger partial charge in [0.05, 0.1) is 25.0 Å². The van der Waals surface area contributed by atoms with Crippen molar-refractivity contribution in [1.29, 1.82) is 0 Å². The summed E-state index contributed by atoms with van der Waals surface area (Å²) < 4.78 is 24.0. The Bertz CT molecular complexity index is 1410. The lowest BCUT2D eigenvalue weighted by Crippen LogP contribution is -2.54. The molecule has 1 saturated heterocycles. The van der Waals surface area contributed by atoms with E-state index in [4.69, 9.17) is 9.47 Å². The van der Waals surface area contributed by atoms with E-state index in [1.54, 1.807) is 37.3 Å². The van der Waals surface area contributed by atoms with Gasteiger partial charge < -0.3 is 9.47 Å². The summed E-state index contributed by atoms with van der Waals surface area (Å²) in [5.41, 5.74) is 2.21. The van der Waals surface area contributed by atoms with Crippen molar-refractivity contribution in [3.05, 3.63) is 100 Å². The molecule has 4 amide bonds. The molecule has 3 aromatic carbocycles. The molecule has 188 valence electrons. The van der Waals surface area contributed by atoms with Crippen LogP contribution in [-0.2, 0) is 20.7 Å². The molecule has 1 fully saturated rings.